The van der Waals surface area contributed by atoms with Crippen LogP contribution in [0.1, 0.15) is 37.3 Å². The number of carbonyl (C=O) groups is 1. The first-order valence-electron chi connectivity index (χ1n) is 4.81. The van der Waals surface area contributed by atoms with Crippen LogP contribution in [0.5, 0.6) is 0 Å². The van der Waals surface area contributed by atoms with E-state index in [4.69, 9.17) is 5.21 Å². The van der Waals surface area contributed by atoms with E-state index in [1.54, 1.807) is 25.9 Å². The molecule has 0 aromatic carbocycles. The number of aldehydes is 1. The minimum Gasteiger partial charge on any atom is -0.626 e. The fourth-order valence-corrected chi connectivity index (χ4v) is 1.12. The second-order valence-electron chi connectivity index (χ2n) is 3.23. The molecule has 8 heteroatoms. The Hall–Kier alpha value is -2.25. The Bertz CT molecular complexity index is 407. The molecule has 0 aliphatic heterocycles. The lowest BCUT2D eigenvalue weighted by molar-refractivity contribution is -0.397. The summed E-state index contributed by atoms with van der Waals surface area (Å²) in [4.78, 5) is 23.9. The topological polar surface area (TPSA) is 115 Å². The van der Waals surface area contributed by atoms with Gasteiger partial charge in [0.2, 0.25) is 0 Å². The molecular weight excluding hydrogens is 228 g/mol. The first-order valence-corrected chi connectivity index (χ1v) is 4.81. The van der Waals surface area contributed by atoms with Crippen LogP contribution in [0.25, 0.3) is 0 Å². The predicted octanol–water partition coefficient (Wildman–Crippen LogP) is -0.160. The minimum atomic E-state index is -0.604. The number of hydrogen-bond donors (Lipinski definition) is 1. The summed E-state index contributed by atoms with van der Waals surface area (Å²) in [6.45, 7) is 5.14. The Kier molecular flexibility index (Phi) is 6.16. The molecule has 0 radical (unpaired) electrons. The number of hydrogen-bond acceptors (Lipinski definition) is 5. The van der Waals surface area contributed by atoms with Gasteiger partial charge in [0.15, 0.2) is 12.0 Å². The van der Waals surface area contributed by atoms with Crippen molar-refractivity contribution in [2.24, 2.45) is 0 Å². The Morgan fingerprint density at radius 3 is 2.41 bits per heavy atom. The van der Waals surface area contributed by atoms with Crippen molar-refractivity contribution in [1.82, 2.24) is 9.55 Å². The van der Waals surface area contributed by atoms with E-state index < -0.39 is 4.92 Å². The third-order valence-electron chi connectivity index (χ3n) is 1.72. The number of imidazole rings is 1. The Labute approximate surface area is 97.7 Å². The molecule has 0 aliphatic carbocycles. The van der Waals surface area contributed by atoms with Gasteiger partial charge in [-0.25, -0.2) is 9.72 Å². The second-order valence-corrected chi connectivity index (χ2v) is 3.23. The minimum absolute atomic E-state index is 0.150. The molecule has 1 heterocycles. The second kappa shape index (κ2) is 7.09. The average molecular weight is 242 g/mol. The zero-order chi connectivity index (χ0) is 13.4. The molecule has 0 spiro atoms. The fourth-order valence-electron chi connectivity index (χ4n) is 1.12. The highest BCUT2D eigenvalue weighted by molar-refractivity contribution is 5.72. The molecule has 0 saturated carbocycles. The third kappa shape index (κ3) is 4.01. The van der Waals surface area contributed by atoms with Crippen molar-refractivity contribution in [3.8, 4) is 0 Å². The van der Waals surface area contributed by atoms with Gasteiger partial charge in [-0.3, -0.25) is 4.79 Å². The quantitative estimate of drug-likeness (QED) is 0.260. The number of aromatic nitrogens is 2. The van der Waals surface area contributed by atoms with Gasteiger partial charge in [-0.15, -0.1) is 0 Å². The SMILES string of the molecule is CC(C)n1c(C=O)cnc1[N+](=O)[O-].CC=[NH+][O-]. The summed E-state index contributed by atoms with van der Waals surface area (Å²) < 4.78 is 1.28. The van der Waals surface area contributed by atoms with Gasteiger partial charge < -0.3 is 15.3 Å². The van der Waals surface area contributed by atoms with E-state index >= 15 is 0 Å². The first kappa shape index (κ1) is 14.8. The Morgan fingerprint density at radius 1 is 1.59 bits per heavy atom. The molecule has 1 N–H and O–H groups in total. The molecule has 0 unspecified atom stereocenters. The molecule has 1 aromatic rings. The molecule has 0 bridgehead atoms. The largest absolute Gasteiger partial charge is 0.626 e. The highest BCUT2D eigenvalue weighted by Gasteiger charge is 2.22. The van der Waals surface area contributed by atoms with E-state index in [1.807, 2.05) is 0 Å². The molecular formula is C9H14N4O4. The maximum absolute atomic E-state index is 10.5. The highest BCUT2D eigenvalue weighted by atomic mass is 16.6. The van der Waals surface area contributed by atoms with Crippen LogP contribution >= 0.6 is 0 Å². The van der Waals surface area contributed by atoms with Gasteiger partial charge in [-0.1, -0.05) is 4.98 Å². The molecule has 0 atom stereocenters. The van der Waals surface area contributed by atoms with Crippen LogP contribution in [0, 0.1) is 15.3 Å². The smallest absolute Gasteiger partial charge is 0.435 e. The first-order chi connectivity index (χ1) is 7.99. The van der Waals surface area contributed by atoms with Crippen LogP contribution in [0.15, 0.2) is 6.20 Å². The van der Waals surface area contributed by atoms with Gasteiger partial charge in [0.05, 0.1) is 6.04 Å². The van der Waals surface area contributed by atoms with Gasteiger partial charge >= 0.3 is 5.95 Å². The molecule has 0 amide bonds. The lowest BCUT2D eigenvalue weighted by Crippen LogP contribution is -2.59. The van der Waals surface area contributed by atoms with E-state index in [0.29, 0.717) is 6.29 Å². The van der Waals surface area contributed by atoms with Crippen molar-refractivity contribution in [3.63, 3.8) is 0 Å². The summed E-state index contributed by atoms with van der Waals surface area (Å²) in [5.41, 5.74) is 0.224. The average Bonchev–Trinajstić information content (AvgIpc) is 2.73. The summed E-state index contributed by atoms with van der Waals surface area (Å²) in [5.74, 6) is -0.294. The number of nitro groups is 1. The highest BCUT2D eigenvalue weighted by Crippen LogP contribution is 2.17. The summed E-state index contributed by atoms with van der Waals surface area (Å²) in [6.07, 6.45) is 3.07. The van der Waals surface area contributed by atoms with Crippen molar-refractivity contribution in [3.05, 3.63) is 27.2 Å². The molecule has 8 nitrogen and oxygen atoms in total. The van der Waals surface area contributed by atoms with E-state index in [9.17, 15) is 14.9 Å². The molecule has 17 heavy (non-hydrogen) atoms. The molecule has 1 rings (SSSR count). The Morgan fingerprint density at radius 2 is 2.12 bits per heavy atom. The maximum Gasteiger partial charge on any atom is 0.435 e. The molecule has 1 aromatic heterocycles. The zero-order valence-corrected chi connectivity index (χ0v) is 9.78. The Balaban J connectivity index is 0.000000557. The third-order valence-corrected chi connectivity index (χ3v) is 1.72. The van der Waals surface area contributed by atoms with Crippen molar-refractivity contribution < 1.29 is 14.9 Å². The summed E-state index contributed by atoms with van der Waals surface area (Å²) in [7, 11) is 0. The van der Waals surface area contributed by atoms with Crippen molar-refractivity contribution in [2.75, 3.05) is 0 Å². The van der Waals surface area contributed by atoms with Gasteiger partial charge in [-0.2, -0.15) is 0 Å². The number of rotatable bonds is 3. The fraction of sp³-hybridized carbons (Fsp3) is 0.444. The van der Waals surface area contributed by atoms with Crippen LogP contribution in [0.2, 0.25) is 0 Å². The van der Waals surface area contributed by atoms with Gasteiger partial charge in [-0.05, 0) is 18.8 Å². The molecule has 0 aliphatic rings. The van der Waals surface area contributed by atoms with Crippen molar-refractivity contribution in [2.45, 2.75) is 26.8 Å². The lowest BCUT2D eigenvalue weighted by Gasteiger charge is -2.05. The monoisotopic (exact) mass is 242 g/mol. The van der Waals surface area contributed by atoms with Crippen molar-refractivity contribution >= 4 is 18.4 Å². The van der Waals surface area contributed by atoms with Crippen LogP contribution < -0.4 is 5.16 Å². The van der Waals surface area contributed by atoms with E-state index in [1.165, 1.54) is 17.0 Å². The van der Waals surface area contributed by atoms with Gasteiger partial charge in [0, 0.05) is 6.92 Å². The summed E-state index contributed by atoms with van der Waals surface area (Å²) in [5, 5.41) is 21.0. The maximum atomic E-state index is 10.5. The zero-order valence-electron chi connectivity index (χ0n) is 9.78. The van der Waals surface area contributed by atoms with E-state index in [0.717, 1.165) is 0 Å². The predicted molar refractivity (Wildman–Crippen MR) is 60.7 cm³/mol. The lowest BCUT2D eigenvalue weighted by atomic mass is 10.3. The van der Waals surface area contributed by atoms with E-state index in [-0.39, 0.29) is 17.7 Å². The van der Waals surface area contributed by atoms with Crippen molar-refractivity contribution in [1.29, 1.82) is 0 Å². The van der Waals surface area contributed by atoms with E-state index in [2.05, 4.69) is 4.98 Å². The van der Waals surface area contributed by atoms with Gasteiger partial charge in [0.25, 0.3) is 0 Å². The normalized spacial score (nSPS) is 10.1. The molecule has 94 valence electrons. The number of nitrogens with zero attached hydrogens (tertiary/aromatic N) is 3. The van der Waals surface area contributed by atoms with Crippen LogP contribution in [-0.4, -0.2) is 27.0 Å². The number of nitrogens with one attached hydrogen (secondary N) is 1. The molecule has 0 fully saturated rings. The van der Waals surface area contributed by atoms with Crippen LogP contribution in [0.4, 0.5) is 5.95 Å². The summed E-state index contributed by atoms with van der Waals surface area (Å²) in [6, 6.07) is -0.150. The summed E-state index contributed by atoms with van der Waals surface area (Å²) >= 11 is 0. The van der Waals surface area contributed by atoms with Gasteiger partial charge in [0.1, 0.15) is 12.4 Å². The van der Waals surface area contributed by atoms with Crippen LogP contribution in [-0.2, 0) is 0 Å². The molecule has 0 saturated heterocycles. The number of carbonyl (C=O) groups excluding carboxylic acids is 1. The standard InChI is InChI=1S/C7H9N3O3.C2H5NO/c1-5(2)9-6(4-11)3-8-7(9)10(12)13;1-2-3-4/h3-5H,1-2H3;2-3H,1H3. The van der Waals surface area contributed by atoms with Crippen LogP contribution in [0.3, 0.4) is 0 Å².